The standard InChI is InChI=1S/C12H10FN3O3/c13-7-2-1-3-8(4-7)16-5-9(11(17)18)10(6-16)15-12(14)19/h1-6H,(H,17,18)(H3,14,15,19). The molecular weight excluding hydrogens is 253 g/mol. The Morgan fingerprint density at radius 1 is 1.32 bits per heavy atom. The van der Waals surface area contributed by atoms with E-state index in [1.807, 2.05) is 0 Å². The highest BCUT2D eigenvalue weighted by atomic mass is 19.1. The molecule has 0 saturated heterocycles. The van der Waals surface area contributed by atoms with Gasteiger partial charge < -0.3 is 20.7 Å². The lowest BCUT2D eigenvalue weighted by Gasteiger charge is -2.02. The molecule has 0 aliphatic carbocycles. The number of hydrogen-bond acceptors (Lipinski definition) is 2. The SMILES string of the molecule is NC(=O)Nc1cn(-c2cccc(F)c2)cc1C(=O)O. The summed E-state index contributed by atoms with van der Waals surface area (Å²) in [7, 11) is 0. The molecule has 2 aromatic rings. The van der Waals surface area contributed by atoms with Crippen molar-refractivity contribution in [3.05, 3.63) is 48.0 Å². The second-order valence-electron chi connectivity index (χ2n) is 3.77. The molecule has 19 heavy (non-hydrogen) atoms. The lowest BCUT2D eigenvalue weighted by atomic mass is 10.3. The Bertz CT molecular complexity index is 651. The lowest BCUT2D eigenvalue weighted by molar-refractivity contribution is 0.0698. The average Bonchev–Trinajstić information content (AvgIpc) is 2.72. The fraction of sp³-hybridized carbons (Fsp3) is 0. The summed E-state index contributed by atoms with van der Waals surface area (Å²) in [5.41, 5.74) is 5.29. The number of nitrogens with one attached hydrogen (secondary N) is 1. The number of anilines is 1. The second kappa shape index (κ2) is 4.81. The van der Waals surface area contributed by atoms with Crippen molar-refractivity contribution in [2.75, 3.05) is 5.32 Å². The highest BCUT2D eigenvalue weighted by Crippen LogP contribution is 2.21. The number of hydrogen-bond donors (Lipinski definition) is 3. The Morgan fingerprint density at radius 2 is 2.05 bits per heavy atom. The van der Waals surface area contributed by atoms with Gasteiger partial charge in [-0.1, -0.05) is 6.07 Å². The van der Waals surface area contributed by atoms with E-state index >= 15 is 0 Å². The van der Waals surface area contributed by atoms with Gasteiger partial charge in [0.25, 0.3) is 0 Å². The summed E-state index contributed by atoms with van der Waals surface area (Å²) in [5.74, 6) is -1.67. The van der Waals surface area contributed by atoms with Crippen molar-refractivity contribution in [2.24, 2.45) is 5.73 Å². The molecule has 7 heteroatoms. The summed E-state index contributed by atoms with van der Waals surface area (Å²) in [6, 6.07) is 4.72. The summed E-state index contributed by atoms with van der Waals surface area (Å²) in [6.07, 6.45) is 2.62. The first kappa shape index (κ1) is 12.6. The first-order chi connectivity index (χ1) is 8.97. The van der Waals surface area contributed by atoms with Crippen LogP contribution in [0, 0.1) is 5.82 Å². The molecule has 0 aliphatic heterocycles. The monoisotopic (exact) mass is 263 g/mol. The molecule has 0 unspecified atom stereocenters. The zero-order valence-electron chi connectivity index (χ0n) is 9.63. The number of primary amides is 1. The van der Waals surface area contributed by atoms with Gasteiger partial charge in [-0.2, -0.15) is 0 Å². The topological polar surface area (TPSA) is 97.4 Å². The molecule has 6 nitrogen and oxygen atoms in total. The van der Waals surface area contributed by atoms with E-state index in [-0.39, 0.29) is 11.3 Å². The lowest BCUT2D eigenvalue weighted by Crippen LogP contribution is -2.20. The zero-order valence-corrected chi connectivity index (χ0v) is 9.63. The van der Waals surface area contributed by atoms with Gasteiger partial charge >= 0.3 is 12.0 Å². The van der Waals surface area contributed by atoms with Crippen LogP contribution in [0.15, 0.2) is 36.7 Å². The Hall–Kier alpha value is -2.83. The van der Waals surface area contributed by atoms with E-state index in [9.17, 15) is 14.0 Å². The summed E-state index contributed by atoms with van der Waals surface area (Å²) in [5, 5.41) is 11.2. The number of carbonyl (C=O) groups excluding carboxylic acids is 1. The van der Waals surface area contributed by atoms with Crippen molar-refractivity contribution in [1.82, 2.24) is 4.57 Å². The summed E-state index contributed by atoms with van der Waals surface area (Å²) < 4.78 is 14.5. The van der Waals surface area contributed by atoms with Crippen LogP contribution in [0.3, 0.4) is 0 Å². The minimum Gasteiger partial charge on any atom is -0.478 e. The number of carboxylic acids is 1. The number of rotatable bonds is 3. The van der Waals surface area contributed by atoms with E-state index in [4.69, 9.17) is 10.8 Å². The van der Waals surface area contributed by atoms with E-state index in [0.29, 0.717) is 5.69 Å². The number of halogens is 1. The molecule has 0 aliphatic rings. The van der Waals surface area contributed by atoms with Gasteiger partial charge in [0.2, 0.25) is 0 Å². The van der Waals surface area contributed by atoms with E-state index < -0.39 is 17.8 Å². The molecule has 98 valence electrons. The van der Waals surface area contributed by atoms with Crippen LogP contribution in [-0.2, 0) is 0 Å². The third-order valence-corrected chi connectivity index (χ3v) is 2.42. The van der Waals surface area contributed by atoms with Gasteiger partial charge in [-0.15, -0.1) is 0 Å². The molecule has 0 bridgehead atoms. The van der Waals surface area contributed by atoms with Crippen LogP contribution in [0.2, 0.25) is 0 Å². The number of amides is 2. The molecule has 2 amide bonds. The quantitative estimate of drug-likeness (QED) is 0.787. The number of urea groups is 1. The van der Waals surface area contributed by atoms with Crippen LogP contribution < -0.4 is 11.1 Å². The zero-order chi connectivity index (χ0) is 14.0. The fourth-order valence-corrected chi connectivity index (χ4v) is 1.64. The maximum absolute atomic E-state index is 13.1. The summed E-state index contributed by atoms with van der Waals surface area (Å²) in [6.45, 7) is 0. The largest absolute Gasteiger partial charge is 0.478 e. The number of carboxylic acid groups (broad SMARTS) is 1. The van der Waals surface area contributed by atoms with Crippen LogP contribution in [-0.4, -0.2) is 21.7 Å². The molecule has 1 heterocycles. The van der Waals surface area contributed by atoms with Gasteiger partial charge in [-0.3, -0.25) is 0 Å². The third-order valence-electron chi connectivity index (χ3n) is 2.42. The van der Waals surface area contributed by atoms with Crippen LogP contribution >= 0.6 is 0 Å². The van der Waals surface area contributed by atoms with Gasteiger partial charge in [0.15, 0.2) is 0 Å². The van der Waals surface area contributed by atoms with Gasteiger partial charge in [0.05, 0.1) is 5.69 Å². The van der Waals surface area contributed by atoms with Crippen molar-refractivity contribution in [3.8, 4) is 5.69 Å². The maximum Gasteiger partial charge on any atom is 0.339 e. The Morgan fingerprint density at radius 3 is 2.63 bits per heavy atom. The first-order valence-corrected chi connectivity index (χ1v) is 5.25. The maximum atomic E-state index is 13.1. The number of nitrogens with two attached hydrogens (primary N) is 1. The highest BCUT2D eigenvalue weighted by Gasteiger charge is 2.15. The Balaban J connectivity index is 2.48. The predicted octanol–water partition coefficient (Wildman–Crippen LogP) is 1.81. The highest BCUT2D eigenvalue weighted by molar-refractivity contribution is 5.99. The number of carbonyl (C=O) groups is 2. The summed E-state index contributed by atoms with van der Waals surface area (Å²) >= 11 is 0. The summed E-state index contributed by atoms with van der Waals surface area (Å²) in [4.78, 5) is 21.8. The number of benzene rings is 1. The molecule has 4 N–H and O–H groups in total. The molecular formula is C12H10FN3O3. The second-order valence-corrected chi connectivity index (χ2v) is 3.77. The van der Waals surface area contributed by atoms with Crippen LogP contribution in [0.4, 0.5) is 14.9 Å². The van der Waals surface area contributed by atoms with Crippen LogP contribution in [0.5, 0.6) is 0 Å². The molecule has 2 rings (SSSR count). The van der Waals surface area contributed by atoms with Crippen LogP contribution in [0.25, 0.3) is 5.69 Å². The van der Waals surface area contributed by atoms with E-state index in [0.717, 1.165) is 0 Å². The molecule has 0 fully saturated rings. The van der Waals surface area contributed by atoms with Gasteiger partial charge in [0, 0.05) is 18.1 Å². The fourth-order valence-electron chi connectivity index (χ4n) is 1.64. The van der Waals surface area contributed by atoms with Gasteiger partial charge in [-0.05, 0) is 18.2 Å². The minimum absolute atomic E-state index is 0.0456. The van der Waals surface area contributed by atoms with E-state index in [1.54, 1.807) is 6.07 Å². The van der Waals surface area contributed by atoms with E-state index in [2.05, 4.69) is 5.32 Å². The molecule has 0 radical (unpaired) electrons. The molecule has 0 saturated carbocycles. The first-order valence-electron chi connectivity index (χ1n) is 5.25. The van der Waals surface area contributed by atoms with Gasteiger partial charge in [0.1, 0.15) is 11.4 Å². The van der Waals surface area contributed by atoms with Crippen molar-refractivity contribution in [1.29, 1.82) is 0 Å². The van der Waals surface area contributed by atoms with Gasteiger partial charge in [-0.25, -0.2) is 14.0 Å². The molecule has 0 atom stereocenters. The number of nitrogens with zero attached hydrogens (tertiary/aromatic N) is 1. The van der Waals surface area contributed by atoms with Crippen molar-refractivity contribution >= 4 is 17.7 Å². The normalized spacial score (nSPS) is 10.2. The van der Waals surface area contributed by atoms with Crippen molar-refractivity contribution in [2.45, 2.75) is 0 Å². The Labute approximate surface area is 107 Å². The molecule has 1 aromatic heterocycles. The van der Waals surface area contributed by atoms with Crippen molar-refractivity contribution in [3.63, 3.8) is 0 Å². The van der Waals surface area contributed by atoms with E-state index in [1.165, 1.54) is 35.2 Å². The predicted molar refractivity (Wildman–Crippen MR) is 65.9 cm³/mol. The number of aromatic carboxylic acids is 1. The molecule has 0 spiro atoms. The third kappa shape index (κ3) is 2.71. The minimum atomic E-state index is -1.22. The number of aromatic nitrogens is 1. The molecule has 1 aromatic carbocycles. The Kier molecular flexibility index (Phi) is 3.19. The van der Waals surface area contributed by atoms with Crippen molar-refractivity contribution < 1.29 is 19.1 Å². The van der Waals surface area contributed by atoms with Crippen LogP contribution in [0.1, 0.15) is 10.4 Å². The average molecular weight is 263 g/mol. The smallest absolute Gasteiger partial charge is 0.339 e.